The summed E-state index contributed by atoms with van der Waals surface area (Å²) in [7, 11) is 1.59. The molecule has 0 saturated heterocycles. The predicted molar refractivity (Wildman–Crippen MR) is 92.6 cm³/mol. The zero-order valence-corrected chi connectivity index (χ0v) is 16.6. The summed E-state index contributed by atoms with van der Waals surface area (Å²) >= 11 is 13.5. The molecule has 0 bridgehead atoms. The van der Waals surface area contributed by atoms with Crippen LogP contribution >= 0.6 is 63.7 Å². The second-order valence-corrected chi connectivity index (χ2v) is 7.44. The molecular weight excluding hydrogens is 522 g/mol. The number of Topliss-reactive ketones (excluding diaryl/α,β-unsaturated/α-hetero) is 1. The minimum absolute atomic E-state index is 0.0142. The quantitative estimate of drug-likeness (QED) is 0.531. The van der Waals surface area contributed by atoms with Crippen molar-refractivity contribution >= 4 is 69.5 Å². The Balaban J connectivity index is 2.32. The van der Waals surface area contributed by atoms with E-state index < -0.39 is 0 Å². The van der Waals surface area contributed by atoms with E-state index in [0.717, 1.165) is 23.6 Å². The molecule has 0 spiro atoms. The molecule has 0 aliphatic heterocycles. The largest absolute Gasteiger partial charge is 0.495 e. The SMILES string of the molecule is COc1c(Br)cc(Br)cc1CC(=O)c1cc(Br)c(Br)[nH]1. The highest BCUT2D eigenvalue weighted by atomic mass is 79.9. The number of methoxy groups -OCH3 is 1. The van der Waals surface area contributed by atoms with Gasteiger partial charge < -0.3 is 9.72 Å². The summed E-state index contributed by atoms with van der Waals surface area (Å²) in [4.78, 5) is 15.3. The molecule has 0 aliphatic rings. The maximum absolute atomic E-state index is 12.3. The number of aromatic amines is 1. The number of carbonyl (C=O) groups excluding carboxylic acids is 1. The molecule has 0 fully saturated rings. The number of hydrogen-bond acceptors (Lipinski definition) is 2. The molecule has 2 aromatic rings. The second-order valence-electron chi connectivity index (χ2n) is 4.02. The van der Waals surface area contributed by atoms with E-state index in [-0.39, 0.29) is 12.2 Å². The first-order valence-electron chi connectivity index (χ1n) is 5.51. The molecule has 1 heterocycles. The Morgan fingerprint density at radius 2 is 1.85 bits per heavy atom. The van der Waals surface area contributed by atoms with Crippen LogP contribution in [0.5, 0.6) is 5.75 Å². The zero-order valence-electron chi connectivity index (χ0n) is 10.3. The van der Waals surface area contributed by atoms with Crippen LogP contribution in [0.25, 0.3) is 0 Å². The minimum Gasteiger partial charge on any atom is -0.495 e. The van der Waals surface area contributed by atoms with Gasteiger partial charge in [0.25, 0.3) is 0 Å². The van der Waals surface area contributed by atoms with Crippen molar-refractivity contribution in [3.05, 3.63) is 47.5 Å². The first-order chi connectivity index (χ1) is 9.42. The van der Waals surface area contributed by atoms with Gasteiger partial charge in [0.15, 0.2) is 5.78 Å². The smallest absolute Gasteiger partial charge is 0.183 e. The van der Waals surface area contributed by atoms with Crippen molar-refractivity contribution in [2.45, 2.75) is 6.42 Å². The number of nitrogens with one attached hydrogen (secondary N) is 1. The van der Waals surface area contributed by atoms with E-state index in [1.165, 1.54) is 0 Å². The number of aromatic nitrogens is 1. The number of ketones is 1. The Morgan fingerprint density at radius 3 is 2.40 bits per heavy atom. The van der Waals surface area contributed by atoms with Crippen LogP contribution in [0.4, 0.5) is 0 Å². The maximum atomic E-state index is 12.3. The highest BCUT2D eigenvalue weighted by Gasteiger charge is 2.16. The normalized spacial score (nSPS) is 10.7. The highest BCUT2D eigenvalue weighted by Crippen LogP contribution is 2.33. The van der Waals surface area contributed by atoms with Crippen molar-refractivity contribution < 1.29 is 9.53 Å². The molecule has 20 heavy (non-hydrogen) atoms. The summed E-state index contributed by atoms with van der Waals surface area (Å²) in [6, 6.07) is 5.52. The molecule has 3 nitrogen and oxygen atoms in total. The van der Waals surface area contributed by atoms with Gasteiger partial charge in [0.2, 0.25) is 0 Å². The third-order valence-corrected chi connectivity index (χ3v) is 5.50. The molecule has 0 aliphatic carbocycles. The average molecular weight is 531 g/mol. The van der Waals surface area contributed by atoms with Crippen molar-refractivity contribution in [1.29, 1.82) is 0 Å². The first kappa shape index (κ1) is 16.3. The third-order valence-electron chi connectivity index (χ3n) is 2.67. The molecule has 7 heteroatoms. The van der Waals surface area contributed by atoms with Gasteiger partial charge in [-0.15, -0.1) is 0 Å². The second kappa shape index (κ2) is 6.77. The van der Waals surface area contributed by atoms with Gasteiger partial charge >= 0.3 is 0 Å². The van der Waals surface area contributed by atoms with Gasteiger partial charge in [0.05, 0.1) is 26.4 Å². The minimum atomic E-state index is -0.0142. The van der Waals surface area contributed by atoms with E-state index >= 15 is 0 Å². The molecular formula is C13H9Br4NO2. The summed E-state index contributed by atoms with van der Waals surface area (Å²) in [5, 5.41) is 0. The van der Waals surface area contributed by atoms with Gasteiger partial charge in [-0.1, -0.05) is 15.9 Å². The predicted octanol–water partition coefficient (Wildman–Crippen LogP) is 5.50. The Labute approximate surface area is 150 Å². The summed E-state index contributed by atoms with van der Waals surface area (Å²) in [5.41, 5.74) is 1.36. The monoisotopic (exact) mass is 527 g/mol. The number of carbonyl (C=O) groups is 1. The zero-order chi connectivity index (χ0) is 14.9. The molecule has 0 atom stereocenters. The lowest BCUT2D eigenvalue weighted by Crippen LogP contribution is -2.06. The van der Waals surface area contributed by atoms with Gasteiger partial charge in [0.1, 0.15) is 5.75 Å². The van der Waals surface area contributed by atoms with Crippen LogP contribution in [-0.4, -0.2) is 17.9 Å². The van der Waals surface area contributed by atoms with Gasteiger partial charge in [0, 0.05) is 16.5 Å². The van der Waals surface area contributed by atoms with Crippen molar-refractivity contribution in [3.63, 3.8) is 0 Å². The van der Waals surface area contributed by atoms with Crippen LogP contribution in [-0.2, 0) is 6.42 Å². The topological polar surface area (TPSA) is 42.1 Å². The number of rotatable bonds is 4. The summed E-state index contributed by atoms with van der Waals surface area (Å²) in [6.45, 7) is 0. The van der Waals surface area contributed by atoms with E-state index in [0.29, 0.717) is 11.4 Å². The van der Waals surface area contributed by atoms with Crippen LogP contribution in [0.2, 0.25) is 0 Å². The summed E-state index contributed by atoms with van der Waals surface area (Å²) < 4.78 is 8.63. The van der Waals surface area contributed by atoms with Crippen molar-refractivity contribution in [3.8, 4) is 5.75 Å². The van der Waals surface area contributed by atoms with Crippen LogP contribution in [0, 0.1) is 0 Å². The Kier molecular flexibility index (Phi) is 5.50. The van der Waals surface area contributed by atoms with Crippen molar-refractivity contribution in [2.24, 2.45) is 0 Å². The third kappa shape index (κ3) is 3.55. The molecule has 106 valence electrons. The number of H-pyrrole nitrogens is 1. The Morgan fingerprint density at radius 1 is 1.15 bits per heavy atom. The number of benzene rings is 1. The average Bonchev–Trinajstić information content (AvgIpc) is 2.69. The summed E-state index contributed by atoms with van der Waals surface area (Å²) in [5.74, 6) is 0.658. The lowest BCUT2D eigenvalue weighted by Gasteiger charge is -2.10. The number of halogens is 4. The fourth-order valence-corrected chi connectivity index (χ4v) is 3.93. The Hall–Kier alpha value is -0.110. The lowest BCUT2D eigenvalue weighted by molar-refractivity contribution is 0.0988. The molecule has 1 aromatic heterocycles. The van der Waals surface area contributed by atoms with E-state index in [1.807, 2.05) is 12.1 Å². The number of ether oxygens (including phenoxy) is 1. The van der Waals surface area contributed by atoms with Gasteiger partial charge in [-0.3, -0.25) is 4.79 Å². The van der Waals surface area contributed by atoms with Gasteiger partial charge in [-0.25, -0.2) is 0 Å². The van der Waals surface area contributed by atoms with Crippen LogP contribution in [0.15, 0.2) is 36.2 Å². The van der Waals surface area contributed by atoms with Crippen molar-refractivity contribution in [1.82, 2.24) is 4.98 Å². The molecule has 0 unspecified atom stereocenters. The van der Waals surface area contributed by atoms with E-state index in [2.05, 4.69) is 68.7 Å². The summed E-state index contributed by atoms with van der Waals surface area (Å²) in [6.07, 6.45) is 0.251. The van der Waals surface area contributed by atoms with Crippen LogP contribution in [0.3, 0.4) is 0 Å². The van der Waals surface area contributed by atoms with Crippen LogP contribution < -0.4 is 4.74 Å². The molecule has 0 amide bonds. The van der Waals surface area contributed by atoms with E-state index in [9.17, 15) is 4.79 Å². The number of hydrogen-bond donors (Lipinski definition) is 1. The molecule has 0 saturated carbocycles. The van der Waals surface area contributed by atoms with E-state index in [1.54, 1.807) is 13.2 Å². The molecule has 0 radical (unpaired) electrons. The maximum Gasteiger partial charge on any atom is 0.183 e. The fraction of sp³-hybridized carbons (Fsp3) is 0.154. The van der Waals surface area contributed by atoms with Gasteiger partial charge in [-0.05, 0) is 66.0 Å². The van der Waals surface area contributed by atoms with Crippen molar-refractivity contribution in [2.75, 3.05) is 7.11 Å². The fourth-order valence-electron chi connectivity index (χ4n) is 1.80. The Bertz CT molecular complexity index is 647. The van der Waals surface area contributed by atoms with Crippen LogP contribution in [0.1, 0.15) is 16.1 Å². The standard InChI is InChI=1S/C13H9Br4NO2/c1-20-12-6(2-7(14)4-8(12)15)3-11(19)10-5-9(16)13(17)18-10/h2,4-5,18H,3H2,1H3. The highest BCUT2D eigenvalue weighted by molar-refractivity contribution is 9.13. The van der Waals surface area contributed by atoms with E-state index in [4.69, 9.17) is 4.74 Å². The lowest BCUT2D eigenvalue weighted by atomic mass is 10.1. The first-order valence-corrected chi connectivity index (χ1v) is 8.68. The van der Waals surface area contributed by atoms with Gasteiger partial charge in [-0.2, -0.15) is 0 Å². The molecule has 2 rings (SSSR count). The molecule has 1 N–H and O–H groups in total. The molecule has 1 aromatic carbocycles.